The van der Waals surface area contributed by atoms with Crippen molar-refractivity contribution in [3.8, 4) is 5.75 Å². The van der Waals surface area contributed by atoms with Crippen molar-refractivity contribution in [3.05, 3.63) is 52.3 Å². The van der Waals surface area contributed by atoms with Crippen molar-refractivity contribution in [1.29, 1.82) is 0 Å². The van der Waals surface area contributed by atoms with Gasteiger partial charge < -0.3 is 24.9 Å². The van der Waals surface area contributed by atoms with Crippen LogP contribution in [0.5, 0.6) is 5.75 Å². The molecule has 1 aromatic heterocycles. The number of hydrogen-bond acceptors (Lipinski definition) is 5. The Morgan fingerprint density at radius 2 is 1.86 bits per heavy atom. The molecule has 0 aliphatic carbocycles. The third-order valence-corrected chi connectivity index (χ3v) is 4.64. The number of carbonyl (C=O) groups is 2. The van der Waals surface area contributed by atoms with Crippen molar-refractivity contribution in [2.45, 2.75) is 26.9 Å². The number of aromatic carboxylic acids is 1. The van der Waals surface area contributed by atoms with Crippen molar-refractivity contribution in [1.82, 2.24) is 9.97 Å². The molecule has 1 amide bonds. The number of H-pyrrole nitrogens is 1. The lowest BCUT2D eigenvalue weighted by molar-refractivity contribution is -0.115. The van der Waals surface area contributed by atoms with Crippen molar-refractivity contribution < 1.29 is 24.2 Å². The van der Waals surface area contributed by atoms with E-state index in [1.165, 1.54) is 0 Å². The first-order valence-electron chi connectivity index (χ1n) is 9.01. The Morgan fingerprint density at radius 1 is 1.17 bits per heavy atom. The summed E-state index contributed by atoms with van der Waals surface area (Å²) in [5, 5.41) is 12.1. The van der Waals surface area contributed by atoms with E-state index < -0.39 is 5.97 Å². The molecule has 0 spiro atoms. The van der Waals surface area contributed by atoms with Gasteiger partial charge in [0.15, 0.2) is 0 Å². The molecule has 0 fully saturated rings. The summed E-state index contributed by atoms with van der Waals surface area (Å²) in [6.45, 7) is 3.86. The first-order chi connectivity index (χ1) is 13.8. The van der Waals surface area contributed by atoms with Crippen molar-refractivity contribution in [2.75, 3.05) is 19.5 Å². The van der Waals surface area contributed by atoms with Gasteiger partial charge in [0, 0.05) is 12.8 Å². The second-order valence-corrected chi connectivity index (χ2v) is 6.78. The number of benzene rings is 2. The second kappa shape index (κ2) is 8.32. The van der Waals surface area contributed by atoms with Gasteiger partial charge in [-0.2, -0.15) is 0 Å². The maximum Gasteiger partial charge on any atom is 0.335 e. The van der Waals surface area contributed by atoms with Gasteiger partial charge in [0.25, 0.3) is 0 Å². The SMILES string of the molecule is COCc1nc2c(CC(=O)Nc3c(C)cc(C(=O)O)cc3C)ccc(OC)c2[nH]1. The molecule has 0 aliphatic rings. The summed E-state index contributed by atoms with van der Waals surface area (Å²) in [7, 11) is 3.16. The minimum Gasteiger partial charge on any atom is -0.494 e. The van der Waals surface area contributed by atoms with Gasteiger partial charge in [-0.05, 0) is 48.7 Å². The van der Waals surface area contributed by atoms with Gasteiger partial charge in [-0.25, -0.2) is 9.78 Å². The van der Waals surface area contributed by atoms with Crippen LogP contribution in [-0.2, 0) is 22.6 Å². The molecule has 3 N–H and O–H groups in total. The monoisotopic (exact) mass is 397 g/mol. The summed E-state index contributed by atoms with van der Waals surface area (Å²) in [6, 6.07) is 6.69. The third-order valence-electron chi connectivity index (χ3n) is 4.64. The van der Waals surface area contributed by atoms with Crippen LogP contribution in [0.3, 0.4) is 0 Å². The predicted octanol–water partition coefficient (Wildman–Crippen LogP) is 3.21. The van der Waals surface area contributed by atoms with E-state index in [0.717, 1.165) is 5.56 Å². The summed E-state index contributed by atoms with van der Waals surface area (Å²) in [5.41, 5.74) is 4.30. The molecule has 29 heavy (non-hydrogen) atoms. The van der Waals surface area contributed by atoms with Gasteiger partial charge in [-0.3, -0.25) is 4.79 Å². The fraction of sp³-hybridized carbons (Fsp3) is 0.286. The molecule has 0 saturated carbocycles. The molecule has 8 heteroatoms. The van der Waals surface area contributed by atoms with E-state index >= 15 is 0 Å². The molecule has 0 aliphatic heterocycles. The Morgan fingerprint density at radius 3 is 2.45 bits per heavy atom. The molecule has 1 heterocycles. The van der Waals surface area contributed by atoms with Crippen LogP contribution in [0.15, 0.2) is 24.3 Å². The van der Waals surface area contributed by atoms with Crippen molar-refractivity contribution >= 4 is 28.6 Å². The van der Waals surface area contributed by atoms with Crippen LogP contribution in [-0.4, -0.2) is 41.2 Å². The zero-order valence-electron chi connectivity index (χ0n) is 16.8. The minimum absolute atomic E-state index is 0.108. The molecule has 8 nitrogen and oxygen atoms in total. The summed E-state index contributed by atoms with van der Waals surface area (Å²) in [4.78, 5) is 31.6. The number of imidazole rings is 1. The highest BCUT2D eigenvalue weighted by molar-refractivity contribution is 5.98. The fourth-order valence-electron chi connectivity index (χ4n) is 3.33. The number of rotatable bonds is 7. The molecule has 3 rings (SSSR count). The molecule has 152 valence electrons. The maximum absolute atomic E-state index is 12.7. The number of nitrogens with one attached hydrogen (secondary N) is 2. The largest absolute Gasteiger partial charge is 0.494 e. The molecule has 0 radical (unpaired) electrons. The first kappa shape index (κ1) is 20.3. The second-order valence-electron chi connectivity index (χ2n) is 6.78. The third kappa shape index (κ3) is 4.22. The van der Waals surface area contributed by atoms with Gasteiger partial charge in [0.2, 0.25) is 5.91 Å². The van der Waals surface area contributed by atoms with Crippen LogP contribution < -0.4 is 10.1 Å². The van der Waals surface area contributed by atoms with Gasteiger partial charge in [-0.15, -0.1) is 0 Å². The van der Waals surface area contributed by atoms with Crippen LogP contribution in [0, 0.1) is 13.8 Å². The normalized spacial score (nSPS) is 10.9. The Bertz CT molecular complexity index is 1060. The number of carboxylic acid groups (broad SMARTS) is 1. The lowest BCUT2D eigenvalue weighted by atomic mass is 10.0. The van der Waals surface area contributed by atoms with E-state index in [1.807, 2.05) is 6.07 Å². The number of aromatic amines is 1. The Labute approximate surface area is 167 Å². The van der Waals surface area contributed by atoms with E-state index in [1.54, 1.807) is 46.3 Å². The van der Waals surface area contributed by atoms with Crippen LogP contribution in [0.25, 0.3) is 11.0 Å². The molecule has 0 unspecified atom stereocenters. The topological polar surface area (TPSA) is 114 Å². The van der Waals surface area contributed by atoms with E-state index in [4.69, 9.17) is 14.6 Å². The number of fused-ring (bicyclic) bond motifs is 1. The van der Waals surface area contributed by atoms with Gasteiger partial charge >= 0.3 is 5.97 Å². The first-order valence-corrected chi connectivity index (χ1v) is 9.01. The Kier molecular flexibility index (Phi) is 5.84. The molecular weight excluding hydrogens is 374 g/mol. The number of anilines is 1. The number of aromatic nitrogens is 2. The molecule has 0 bridgehead atoms. The minimum atomic E-state index is -1.000. The smallest absolute Gasteiger partial charge is 0.335 e. The van der Waals surface area contributed by atoms with Crippen LogP contribution in [0.2, 0.25) is 0 Å². The Balaban J connectivity index is 1.88. The highest BCUT2D eigenvalue weighted by Gasteiger charge is 2.17. The van der Waals surface area contributed by atoms with E-state index in [2.05, 4.69) is 15.3 Å². The van der Waals surface area contributed by atoms with Gasteiger partial charge in [0.05, 0.1) is 24.6 Å². The average Bonchev–Trinajstić information content (AvgIpc) is 3.09. The van der Waals surface area contributed by atoms with Crippen LogP contribution in [0.4, 0.5) is 5.69 Å². The molecule has 3 aromatic rings. The summed E-state index contributed by atoms with van der Waals surface area (Å²) in [5.74, 6) is 0.0571. The summed E-state index contributed by atoms with van der Waals surface area (Å²) in [6.07, 6.45) is 0.108. The number of carboxylic acids is 1. The highest BCUT2D eigenvalue weighted by atomic mass is 16.5. The lowest BCUT2D eigenvalue weighted by Gasteiger charge is -2.13. The number of amides is 1. The average molecular weight is 397 g/mol. The zero-order valence-corrected chi connectivity index (χ0v) is 16.8. The Hall–Kier alpha value is -3.39. The van der Waals surface area contributed by atoms with E-state index in [0.29, 0.717) is 46.0 Å². The van der Waals surface area contributed by atoms with Crippen LogP contribution in [0.1, 0.15) is 32.9 Å². The highest BCUT2D eigenvalue weighted by Crippen LogP contribution is 2.28. The van der Waals surface area contributed by atoms with Gasteiger partial charge in [0.1, 0.15) is 23.7 Å². The number of hydrogen-bond donors (Lipinski definition) is 3. The number of carbonyl (C=O) groups excluding carboxylic acids is 1. The summed E-state index contributed by atoms with van der Waals surface area (Å²) >= 11 is 0. The number of aryl methyl sites for hydroxylation is 2. The van der Waals surface area contributed by atoms with Crippen molar-refractivity contribution in [3.63, 3.8) is 0 Å². The number of ether oxygens (including phenoxy) is 2. The van der Waals surface area contributed by atoms with E-state index in [-0.39, 0.29) is 17.9 Å². The van der Waals surface area contributed by atoms with E-state index in [9.17, 15) is 9.59 Å². The van der Waals surface area contributed by atoms with Gasteiger partial charge in [-0.1, -0.05) is 6.07 Å². The maximum atomic E-state index is 12.7. The quantitative estimate of drug-likeness (QED) is 0.564. The predicted molar refractivity (Wildman–Crippen MR) is 109 cm³/mol. The molecule has 0 saturated heterocycles. The molecule has 2 aromatic carbocycles. The fourth-order valence-corrected chi connectivity index (χ4v) is 3.33. The molecule has 0 atom stereocenters. The standard InChI is InChI=1S/C21H23N3O5/c1-11-7-14(21(26)27)8-12(2)18(11)24-17(25)9-13-5-6-15(29-4)20-19(13)22-16(23-20)10-28-3/h5-8H,9-10H2,1-4H3,(H,22,23)(H,24,25)(H,26,27). The molecular formula is C21H23N3O5. The number of methoxy groups -OCH3 is 2. The van der Waals surface area contributed by atoms with Crippen molar-refractivity contribution in [2.24, 2.45) is 0 Å². The lowest BCUT2D eigenvalue weighted by Crippen LogP contribution is -2.17. The zero-order chi connectivity index (χ0) is 21.1. The number of nitrogens with zero attached hydrogens (tertiary/aromatic N) is 1. The summed E-state index contributed by atoms with van der Waals surface area (Å²) < 4.78 is 10.5. The van der Waals surface area contributed by atoms with Crippen LogP contribution >= 0.6 is 0 Å².